The molecule has 2 aromatic rings. The van der Waals surface area contributed by atoms with E-state index in [9.17, 15) is 4.79 Å². The van der Waals surface area contributed by atoms with Crippen molar-refractivity contribution in [2.75, 3.05) is 21.2 Å². The van der Waals surface area contributed by atoms with Crippen LogP contribution >= 0.6 is 27.3 Å². The van der Waals surface area contributed by atoms with Crippen LogP contribution in [0.4, 0.5) is 0 Å². The first-order valence-corrected chi connectivity index (χ1v) is 8.26. The predicted molar refractivity (Wildman–Crippen MR) is 92.6 cm³/mol. The van der Waals surface area contributed by atoms with Crippen molar-refractivity contribution in [2.24, 2.45) is 0 Å². The van der Waals surface area contributed by atoms with Gasteiger partial charge in [-0.2, -0.15) is 0 Å². The van der Waals surface area contributed by atoms with E-state index in [-0.39, 0.29) is 11.7 Å². The van der Waals surface area contributed by atoms with Gasteiger partial charge in [-0.05, 0) is 35.0 Å². The van der Waals surface area contributed by atoms with E-state index in [0.717, 1.165) is 5.01 Å². The van der Waals surface area contributed by atoms with E-state index in [1.807, 2.05) is 21.0 Å². The fourth-order valence-corrected chi connectivity index (χ4v) is 2.72. The molecular weight excluding hydrogens is 382 g/mol. The minimum absolute atomic E-state index is 0.164. The highest BCUT2D eigenvalue weighted by Crippen LogP contribution is 2.34. The lowest BCUT2D eigenvalue weighted by atomic mass is 10.3. The van der Waals surface area contributed by atoms with Gasteiger partial charge in [-0.25, -0.2) is 9.97 Å². The lowest BCUT2D eigenvalue weighted by molar-refractivity contribution is 0.104. The fourth-order valence-electron chi connectivity index (χ4n) is 1.66. The highest BCUT2D eigenvalue weighted by Gasteiger charge is 2.19. The van der Waals surface area contributed by atoms with Gasteiger partial charge in [0, 0.05) is 26.4 Å². The summed E-state index contributed by atoms with van der Waals surface area (Å²) in [6.07, 6.45) is 3.17. The summed E-state index contributed by atoms with van der Waals surface area (Å²) >= 11 is 4.55. The van der Waals surface area contributed by atoms with Crippen LogP contribution in [0.3, 0.4) is 0 Å². The summed E-state index contributed by atoms with van der Waals surface area (Å²) in [6.45, 7) is 1.82. The first-order valence-electron chi connectivity index (χ1n) is 6.65. The number of thiazole rings is 1. The number of aromatic nitrogens is 2. The van der Waals surface area contributed by atoms with Gasteiger partial charge in [0.2, 0.25) is 11.7 Å². The molecule has 122 valence electrons. The molecule has 0 N–H and O–H groups in total. The molecule has 0 aromatic carbocycles. The number of nitrogens with zero attached hydrogens (tertiary/aromatic N) is 3. The molecule has 2 rings (SSSR count). The zero-order valence-electron chi connectivity index (χ0n) is 13.2. The number of methoxy groups -OCH3 is 1. The van der Waals surface area contributed by atoms with Crippen LogP contribution in [0.2, 0.25) is 0 Å². The van der Waals surface area contributed by atoms with Crippen molar-refractivity contribution >= 4 is 33.0 Å². The topological polar surface area (TPSA) is 64.5 Å². The number of hydrogen-bond acceptors (Lipinski definition) is 7. The van der Waals surface area contributed by atoms with Crippen LogP contribution in [0.15, 0.2) is 29.0 Å². The first-order chi connectivity index (χ1) is 10.9. The van der Waals surface area contributed by atoms with Crippen LogP contribution in [0.25, 0.3) is 0 Å². The Labute approximate surface area is 146 Å². The van der Waals surface area contributed by atoms with Gasteiger partial charge in [-0.3, -0.25) is 4.79 Å². The molecule has 8 heteroatoms. The minimum atomic E-state index is -0.164. The van der Waals surface area contributed by atoms with Gasteiger partial charge in [0.15, 0.2) is 5.75 Å². The molecule has 0 saturated heterocycles. The smallest absolute Gasteiger partial charge is 0.258 e. The van der Waals surface area contributed by atoms with E-state index in [4.69, 9.17) is 9.47 Å². The van der Waals surface area contributed by atoms with Crippen LogP contribution < -0.4 is 9.47 Å². The van der Waals surface area contributed by atoms with Crippen molar-refractivity contribution in [1.29, 1.82) is 0 Å². The zero-order chi connectivity index (χ0) is 17.0. The molecule has 0 saturated carbocycles. The molecule has 23 heavy (non-hydrogen) atoms. The molecule has 0 amide bonds. The SMILES string of the molecule is COc1nc(Br)ccc1Oc1nc(C)sc1C(=O)/C=C/N(C)C. The van der Waals surface area contributed by atoms with Gasteiger partial charge in [0.1, 0.15) is 9.48 Å². The number of rotatable bonds is 6. The lowest BCUT2D eigenvalue weighted by Gasteiger charge is -2.08. The molecule has 0 spiro atoms. The average molecular weight is 398 g/mol. The van der Waals surface area contributed by atoms with E-state index in [2.05, 4.69) is 25.9 Å². The van der Waals surface area contributed by atoms with E-state index in [0.29, 0.717) is 21.1 Å². The summed E-state index contributed by atoms with van der Waals surface area (Å²) in [6, 6.07) is 3.43. The Bertz CT molecular complexity index is 744. The molecule has 0 atom stereocenters. The van der Waals surface area contributed by atoms with Gasteiger partial charge < -0.3 is 14.4 Å². The van der Waals surface area contributed by atoms with Crippen LogP contribution in [0.1, 0.15) is 14.7 Å². The summed E-state index contributed by atoms with van der Waals surface area (Å²) in [4.78, 5) is 23.0. The second-order valence-electron chi connectivity index (χ2n) is 4.75. The Hall–Kier alpha value is -1.93. The Morgan fingerprint density at radius 2 is 2.04 bits per heavy atom. The molecule has 0 aliphatic carbocycles. The third-order valence-electron chi connectivity index (χ3n) is 2.64. The standard InChI is InChI=1S/C15H16BrN3O3S/c1-9-17-15(13(23-9)10(20)7-8-19(2)3)22-11-5-6-12(16)18-14(11)21-4/h5-8H,1-4H3/b8-7+. The zero-order valence-corrected chi connectivity index (χ0v) is 15.6. The maximum absolute atomic E-state index is 12.3. The molecule has 0 aliphatic rings. The number of pyridine rings is 1. The highest BCUT2D eigenvalue weighted by atomic mass is 79.9. The van der Waals surface area contributed by atoms with Crippen molar-refractivity contribution in [1.82, 2.24) is 14.9 Å². The number of ether oxygens (including phenoxy) is 2. The molecule has 0 unspecified atom stereocenters. The quantitative estimate of drug-likeness (QED) is 0.420. The number of hydrogen-bond donors (Lipinski definition) is 0. The van der Waals surface area contributed by atoms with Crippen molar-refractivity contribution < 1.29 is 14.3 Å². The van der Waals surface area contributed by atoms with Gasteiger partial charge in [0.25, 0.3) is 5.88 Å². The Morgan fingerprint density at radius 3 is 2.70 bits per heavy atom. The molecule has 0 bridgehead atoms. The van der Waals surface area contributed by atoms with Crippen LogP contribution in [-0.2, 0) is 0 Å². The van der Waals surface area contributed by atoms with E-state index >= 15 is 0 Å². The Morgan fingerprint density at radius 1 is 1.30 bits per heavy atom. The highest BCUT2D eigenvalue weighted by molar-refractivity contribution is 9.10. The summed E-state index contributed by atoms with van der Waals surface area (Å²) in [5.74, 6) is 0.797. The molecule has 0 aliphatic heterocycles. The minimum Gasteiger partial charge on any atom is -0.478 e. The van der Waals surface area contributed by atoms with E-state index in [1.165, 1.54) is 24.5 Å². The largest absolute Gasteiger partial charge is 0.478 e. The monoisotopic (exact) mass is 397 g/mol. The molecule has 0 radical (unpaired) electrons. The summed E-state index contributed by atoms with van der Waals surface area (Å²) in [5, 5.41) is 0.741. The normalized spacial score (nSPS) is 10.8. The number of carbonyl (C=O) groups is 1. The van der Waals surface area contributed by atoms with Crippen LogP contribution in [-0.4, -0.2) is 41.9 Å². The third kappa shape index (κ3) is 4.52. The Kier molecular flexibility index (Phi) is 5.73. The molecular formula is C15H16BrN3O3S. The molecule has 6 nitrogen and oxygen atoms in total. The predicted octanol–water partition coefficient (Wildman–Crippen LogP) is 3.67. The number of allylic oxidation sites excluding steroid dienone is 1. The maximum Gasteiger partial charge on any atom is 0.258 e. The second kappa shape index (κ2) is 7.56. The third-order valence-corrected chi connectivity index (χ3v) is 4.05. The number of halogens is 1. The van der Waals surface area contributed by atoms with E-state index < -0.39 is 0 Å². The summed E-state index contributed by atoms with van der Waals surface area (Å²) in [5.41, 5.74) is 0. The Balaban J connectivity index is 2.33. The summed E-state index contributed by atoms with van der Waals surface area (Å²) < 4.78 is 11.6. The lowest BCUT2D eigenvalue weighted by Crippen LogP contribution is -2.03. The van der Waals surface area contributed by atoms with Crippen molar-refractivity contribution in [3.63, 3.8) is 0 Å². The van der Waals surface area contributed by atoms with Crippen LogP contribution in [0, 0.1) is 6.92 Å². The van der Waals surface area contributed by atoms with Gasteiger partial charge >= 0.3 is 0 Å². The first kappa shape index (κ1) is 17.4. The number of carbonyl (C=O) groups excluding carboxylic acids is 1. The van der Waals surface area contributed by atoms with Crippen molar-refractivity contribution in [3.8, 4) is 17.5 Å². The molecule has 0 fully saturated rings. The maximum atomic E-state index is 12.3. The molecule has 2 heterocycles. The van der Waals surface area contributed by atoms with Crippen molar-refractivity contribution in [2.45, 2.75) is 6.92 Å². The van der Waals surface area contributed by atoms with E-state index in [1.54, 1.807) is 23.2 Å². The van der Waals surface area contributed by atoms with Gasteiger partial charge in [-0.1, -0.05) is 0 Å². The fraction of sp³-hybridized carbons (Fsp3) is 0.267. The average Bonchev–Trinajstić information content (AvgIpc) is 2.87. The summed E-state index contributed by atoms with van der Waals surface area (Å²) in [7, 11) is 5.19. The number of aryl methyl sites for hydroxylation is 1. The second-order valence-corrected chi connectivity index (χ2v) is 6.77. The van der Waals surface area contributed by atoms with Gasteiger partial charge in [0.05, 0.1) is 12.1 Å². The van der Waals surface area contributed by atoms with Crippen LogP contribution in [0.5, 0.6) is 17.5 Å². The number of ketones is 1. The van der Waals surface area contributed by atoms with Crippen molar-refractivity contribution in [3.05, 3.63) is 38.9 Å². The molecule has 2 aromatic heterocycles. The van der Waals surface area contributed by atoms with Gasteiger partial charge in [-0.15, -0.1) is 11.3 Å².